The predicted octanol–water partition coefficient (Wildman–Crippen LogP) is 3.56. The molecule has 0 bridgehead atoms. The molecule has 8 nitrogen and oxygen atoms in total. The van der Waals surface area contributed by atoms with Crippen molar-refractivity contribution in [3.8, 4) is 17.1 Å². The van der Waals surface area contributed by atoms with Crippen LogP contribution in [0.3, 0.4) is 0 Å². The minimum absolute atomic E-state index is 0.145. The number of rotatable bonds is 7. The molecular weight excluding hydrogens is 427 g/mol. The molecule has 1 fully saturated rings. The van der Waals surface area contributed by atoms with Crippen LogP contribution in [0.2, 0.25) is 0 Å². The molecule has 1 aromatic carbocycles. The summed E-state index contributed by atoms with van der Waals surface area (Å²) in [6.07, 6.45) is -1.28. The third kappa shape index (κ3) is 6.16. The van der Waals surface area contributed by atoms with Crippen molar-refractivity contribution >= 4 is 17.6 Å². The van der Waals surface area contributed by atoms with Gasteiger partial charge in [0, 0.05) is 17.5 Å². The second-order valence-electron chi connectivity index (χ2n) is 7.70. The van der Waals surface area contributed by atoms with Crippen LogP contribution < -0.4 is 16.3 Å². The quantitative estimate of drug-likeness (QED) is 0.432. The average Bonchev–Trinajstić information content (AvgIpc) is 2.74. The van der Waals surface area contributed by atoms with Crippen LogP contribution in [0.5, 0.6) is 5.88 Å². The van der Waals surface area contributed by atoms with Crippen molar-refractivity contribution in [3.05, 3.63) is 35.9 Å². The first kappa shape index (κ1) is 23.5. The van der Waals surface area contributed by atoms with Crippen molar-refractivity contribution in [2.24, 2.45) is 16.8 Å². The van der Waals surface area contributed by atoms with E-state index in [4.69, 9.17) is 21.4 Å². The summed E-state index contributed by atoms with van der Waals surface area (Å²) in [5, 5.41) is 12.3. The highest BCUT2D eigenvalue weighted by atomic mass is 19.4. The second-order valence-corrected chi connectivity index (χ2v) is 7.70. The molecule has 2 aromatic rings. The topological polar surface area (TPSA) is 137 Å². The lowest BCUT2D eigenvalue weighted by Gasteiger charge is -2.23. The Morgan fingerprint density at radius 3 is 2.44 bits per heavy atom. The molecular formula is C21H24F3N5O3. The molecule has 32 heavy (non-hydrogen) atoms. The zero-order valence-corrected chi connectivity index (χ0v) is 17.2. The zero-order chi connectivity index (χ0) is 23.3. The number of alkyl halides is 3. The summed E-state index contributed by atoms with van der Waals surface area (Å²) in [6, 6.07) is 7.01. The fraction of sp³-hybridized carbons (Fsp3) is 0.429. The summed E-state index contributed by atoms with van der Waals surface area (Å²) in [5.74, 6) is -2.20. The molecule has 0 unspecified atom stereocenters. The van der Waals surface area contributed by atoms with Gasteiger partial charge in [-0.25, -0.2) is 4.98 Å². The van der Waals surface area contributed by atoms with E-state index in [1.54, 1.807) is 24.3 Å². The van der Waals surface area contributed by atoms with Crippen LogP contribution >= 0.6 is 0 Å². The molecule has 1 aliphatic carbocycles. The van der Waals surface area contributed by atoms with Gasteiger partial charge in [-0.05, 0) is 24.8 Å². The largest absolute Gasteiger partial charge is 0.480 e. The van der Waals surface area contributed by atoms with Crippen molar-refractivity contribution < 1.29 is 27.9 Å². The van der Waals surface area contributed by atoms with E-state index in [0.29, 0.717) is 29.7 Å². The molecule has 11 heteroatoms. The lowest BCUT2D eigenvalue weighted by atomic mass is 9.85. The number of carboxylic acid groups (broad SMARTS) is 1. The molecule has 1 aromatic heterocycles. The number of halogens is 3. The van der Waals surface area contributed by atoms with E-state index >= 15 is 0 Å². The minimum atomic E-state index is -4.60. The van der Waals surface area contributed by atoms with Crippen LogP contribution in [0.1, 0.15) is 37.7 Å². The maximum atomic E-state index is 13.5. The van der Waals surface area contributed by atoms with Gasteiger partial charge < -0.3 is 21.4 Å². The highest BCUT2D eigenvalue weighted by Gasteiger charge is 2.42. The number of anilines is 1. The molecule has 0 radical (unpaired) electrons. The lowest BCUT2D eigenvalue weighted by Crippen LogP contribution is -2.32. The normalized spacial score (nSPS) is 16.6. The lowest BCUT2D eigenvalue weighted by molar-refractivity contribution is -0.138. The number of hydrogen-bond donors (Lipinski definition) is 3. The molecule has 0 spiro atoms. The Bertz CT molecular complexity index is 974. The number of nitrogen functional groups attached to an aromatic ring is 1. The van der Waals surface area contributed by atoms with Crippen LogP contribution in [0.25, 0.3) is 11.3 Å². The maximum Gasteiger partial charge on any atom is 0.433 e. The van der Waals surface area contributed by atoms with Gasteiger partial charge in [0.2, 0.25) is 5.95 Å². The van der Waals surface area contributed by atoms with Crippen LogP contribution in [0.15, 0.2) is 35.5 Å². The number of aromatic nitrogens is 2. The smallest absolute Gasteiger partial charge is 0.433 e. The molecule has 0 aliphatic heterocycles. The summed E-state index contributed by atoms with van der Waals surface area (Å²) in [5.41, 5.74) is 11.9. The highest BCUT2D eigenvalue weighted by molar-refractivity contribution is 5.91. The molecule has 0 saturated heterocycles. The Labute approximate surface area is 182 Å². The summed E-state index contributed by atoms with van der Waals surface area (Å²) >= 11 is 0. The number of carbonyl (C=O) groups is 1. The first-order chi connectivity index (χ1) is 15.1. The highest BCUT2D eigenvalue weighted by Crippen LogP contribution is 2.32. The molecule has 0 amide bonds. The first-order valence-electron chi connectivity index (χ1n) is 10.2. The van der Waals surface area contributed by atoms with Gasteiger partial charge in [-0.3, -0.25) is 4.79 Å². The Morgan fingerprint density at radius 2 is 1.84 bits per heavy atom. The molecule has 1 aliphatic rings. The maximum absolute atomic E-state index is 13.5. The summed E-state index contributed by atoms with van der Waals surface area (Å²) in [4.78, 5) is 23.8. The number of nitrogens with zero attached hydrogens (tertiary/aromatic N) is 3. The Kier molecular flexibility index (Phi) is 7.29. The molecule has 1 heterocycles. The van der Waals surface area contributed by atoms with Gasteiger partial charge in [0.25, 0.3) is 5.88 Å². The molecule has 1 saturated carbocycles. The van der Waals surface area contributed by atoms with Gasteiger partial charge in [0.05, 0.1) is 5.69 Å². The molecule has 1 atom stereocenters. The van der Waals surface area contributed by atoms with Gasteiger partial charge in [-0.1, -0.05) is 48.7 Å². The van der Waals surface area contributed by atoms with Crippen LogP contribution in [-0.2, 0) is 11.2 Å². The Balaban J connectivity index is 1.80. The Morgan fingerprint density at radius 1 is 1.19 bits per heavy atom. The van der Waals surface area contributed by atoms with Crippen molar-refractivity contribution in [2.75, 3.05) is 5.73 Å². The van der Waals surface area contributed by atoms with Gasteiger partial charge in [-0.2, -0.15) is 18.2 Å². The second kappa shape index (κ2) is 9.94. The molecule has 5 N–H and O–H groups in total. The van der Waals surface area contributed by atoms with Gasteiger partial charge in [-0.15, -0.1) is 0 Å². The van der Waals surface area contributed by atoms with Gasteiger partial charge in [0.1, 0.15) is 6.04 Å². The third-order valence-corrected chi connectivity index (χ3v) is 5.26. The number of nitrogens with two attached hydrogens (primary N) is 2. The fourth-order valence-corrected chi connectivity index (χ4v) is 3.62. The number of aliphatic carboxylic acids is 1. The standard InChI is InChI=1S/C21H24F3N5O3/c22-21(23,24)18(14-4-2-1-3-5-14)29-32-17-11-16(27-20(26)28-17)13-8-6-12(7-9-13)10-15(25)19(30)31/h6-9,11,14-15H,1-5,10,25H2,(H,30,31)(H2,26,27,28)/b29-18+/t15-/m0/s1. The number of carboxylic acids is 1. The zero-order valence-electron chi connectivity index (χ0n) is 17.2. The third-order valence-electron chi connectivity index (χ3n) is 5.26. The van der Waals surface area contributed by atoms with Gasteiger partial charge >= 0.3 is 12.1 Å². The minimum Gasteiger partial charge on any atom is -0.480 e. The molecule has 3 rings (SSSR count). The van der Waals surface area contributed by atoms with Crippen molar-refractivity contribution in [1.29, 1.82) is 0 Å². The fourth-order valence-electron chi connectivity index (χ4n) is 3.62. The van der Waals surface area contributed by atoms with E-state index in [2.05, 4.69) is 15.1 Å². The average molecular weight is 451 g/mol. The van der Waals surface area contributed by atoms with Crippen molar-refractivity contribution in [2.45, 2.75) is 50.7 Å². The summed E-state index contributed by atoms with van der Waals surface area (Å²) < 4.78 is 40.5. The van der Waals surface area contributed by atoms with Crippen LogP contribution in [0.4, 0.5) is 19.1 Å². The van der Waals surface area contributed by atoms with Crippen LogP contribution in [0, 0.1) is 5.92 Å². The SMILES string of the molecule is Nc1nc(O/N=C(\C2CCCCC2)C(F)(F)F)cc(-c2ccc(C[C@H](N)C(=O)O)cc2)n1. The number of benzene rings is 1. The van der Waals surface area contributed by atoms with E-state index in [1.807, 2.05) is 0 Å². The van der Waals surface area contributed by atoms with E-state index in [-0.39, 0.29) is 18.2 Å². The summed E-state index contributed by atoms with van der Waals surface area (Å²) in [6.45, 7) is 0. The monoisotopic (exact) mass is 451 g/mol. The Hall–Kier alpha value is -3.21. The van der Waals surface area contributed by atoms with Crippen molar-refractivity contribution in [1.82, 2.24) is 9.97 Å². The van der Waals surface area contributed by atoms with Crippen LogP contribution in [-0.4, -0.2) is 39.0 Å². The first-order valence-corrected chi connectivity index (χ1v) is 10.2. The number of hydrogen-bond acceptors (Lipinski definition) is 7. The van der Waals surface area contributed by atoms with Crippen molar-refractivity contribution in [3.63, 3.8) is 0 Å². The molecule has 172 valence electrons. The van der Waals surface area contributed by atoms with E-state index in [9.17, 15) is 18.0 Å². The summed E-state index contributed by atoms with van der Waals surface area (Å²) in [7, 11) is 0. The predicted molar refractivity (Wildman–Crippen MR) is 112 cm³/mol. The van der Waals surface area contributed by atoms with E-state index in [1.165, 1.54) is 6.07 Å². The van der Waals surface area contributed by atoms with E-state index < -0.39 is 29.8 Å². The van der Waals surface area contributed by atoms with E-state index in [0.717, 1.165) is 19.3 Å². The van der Waals surface area contributed by atoms with Gasteiger partial charge in [0.15, 0.2) is 5.71 Å². The number of oxime groups is 1.